The molecule has 170 valence electrons. The molecular formula is C21H24F3N7O. The van der Waals surface area contributed by atoms with Gasteiger partial charge in [0.05, 0.1) is 12.0 Å². The molecule has 1 aliphatic heterocycles. The highest BCUT2D eigenvalue weighted by molar-refractivity contribution is 5.79. The summed E-state index contributed by atoms with van der Waals surface area (Å²) in [5.41, 5.74) is 8.13. The van der Waals surface area contributed by atoms with Crippen LogP contribution >= 0.6 is 0 Å². The molecule has 0 spiro atoms. The number of amides is 1. The number of hydrogen-bond acceptors (Lipinski definition) is 6. The van der Waals surface area contributed by atoms with Crippen molar-refractivity contribution >= 4 is 17.6 Å². The van der Waals surface area contributed by atoms with Gasteiger partial charge in [0.1, 0.15) is 0 Å². The maximum Gasteiger partial charge on any atom is 0.416 e. The van der Waals surface area contributed by atoms with Crippen LogP contribution in [0.2, 0.25) is 0 Å². The molecule has 0 saturated carbocycles. The van der Waals surface area contributed by atoms with E-state index in [1.807, 2.05) is 18.7 Å². The zero-order valence-corrected chi connectivity index (χ0v) is 17.9. The summed E-state index contributed by atoms with van der Waals surface area (Å²) in [6.07, 6.45) is -4.12. The predicted molar refractivity (Wildman–Crippen MR) is 112 cm³/mol. The van der Waals surface area contributed by atoms with Gasteiger partial charge in [-0.05, 0) is 31.5 Å². The van der Waals surface area contributed by atoms with E-state index in [-0.39, 0.29) is 18.3 Å². The average Bonchev–Trinajstić information content (AvgIpc) is 3.11. The lowest BCUT2D eigenvalue weighted by Crippen LogP contribution is -2.48. The molecule has 8 nitrogen and oxygen atoms in total. The number of aromatic nitrogens is 4. The third-order valence-corrected chi connectivity index (χ3v) is 5.81. The first-order valence-corrected chi connectivity index (χ1v) is 10.3. The maximum absolute atomic E-state index is 12.9. The molecule has 3 aromatic rings. The standard InChI is InChI=1S/C21H24F3N7O/c1-13-17(14(2)31-20(26-13)27-19(25)28-31)11-18(32)30-9-7-29(8-10-30)12-15-3-5-16(6-4-15)21(22,23)24/h3-6H,7-12H2,1-2H3,(H2,25,28). The van der Waals surface area contributed by atoms with Crippen LogP contribution in [0.15, 0.2) is 24.3 Å². The van der Waals surface area contributed by atoms with Gasteiger partial charge < -0.3 is 10.6 Å². The van der Waals surface area contributed by atoms with Crippen LogP contribution < -0.4 is 5.73 Å². The number of fused-ring (bicyclic) bond motifs is 1. The van der Waals surface area contributed by atoms with Crippen molar-refractivity contribution in [2.24, 2.45) is 0 Å². The molecule has 1 fully saturated rings. The van der Waals surface area contributed by atoms with Crippen molar-refractivity contribution < 1.29 is 18.0 Å². The first-order valence-electron chi connectivity index (χ1n) is 10.3. The molecule has 1 aromatic carbocycles. The van der Waals surface area contributed by atoms with Crippen molar-refractivity contribution in [1.82, 2.24) is 29.4 Å². The van der Waals surface area contributed by atoms with Crippen molar-refractivity contribution in [2.75, 3.05) is 31.9 Å². The quantitative estimate of drug-likeness (QED) is 0.660. The molecule has 1 amide bonds. The van der Waals surface area contributed by atoms with Crippen LogP contribution in [-0.2, 0) is 23.9 Å². The molecule has 2 aromatic heterocycles. The Labute approximate surface area is 182 Å². The summed E-state index contributed by atoms with van der Waals surface area (Å²) in [5, 5.41) is 4.13. The maximum atomic E-state index is 12.9. The van der Waals surface area contributed by atoms with Gasteiger partial charge in [0.25, 0.3) is 5.78 Å². The number of aryl methyl sites for hydroxylation is 2. The summed E-state index contributed by atoms with van der Waals surface area (Å²) >= 11 is 0. The SMILES string of the molecule is Cc1nc2nc(N)nn2c(C)c1CC(=O)N1CCN(Cc2ccc(C(F)(F)F)cc2)CC1. The van der Waals surface area contributed by atoms with Crippen molar-refractivity contribution in [2.45, 2.75) is 33.0 Å². The van der Waals surface area contributed by atoms with Crippen LogP contribution in [0.25, 0.3) is 5.78 Å². The summed E-state index contributed by atoms with van der Waals surface area (Å²) in [7, 11) is 0. The Morgan fingerprint density at radius 1 is 1.06 bits per heavy atom. The lowest BCUT2D eigenvalue weighted by Gasteiger charge is -2.35. The molecular weight excluding hydrogens is 423 g/mol. The van der Waals surface area contributed by atoms with Crippen molar-refractivity contribution in [3.05, 3.63) is 52.3 Å². The fourth-order valence-corrected chi connectivity index (χ4v) is 3.96. The second kappa shape index (κ2) is 8.38. The van der Waals surface area contributed by atoms with Crippen molar-refractivity contribution in [3.63, 3.8) is 0 Å². The second-order valence-electron chi connectivity index (χ2n) is 7.97. The van der Waals surface area contributed by atoms with Gasteiger partial charge in [-0.15, -0.1) is 5.10 Å². The number of carbonyl (C=O) groups excluding carboxylic acids is 1. The summed E-state index contributed by atoms with van der Waals surface area (Å²) in [6, 6.07) is 5.22. The zero-order valence-electron chi connectivity index (χ0n) is 17.9. The molecule has 0 bridgehead atoms. The van der Waals surface area contributed by atoms with E-state index in [4.69, 9.17) is 5.73 Å². The van der Waals surface area contributed by atoms with Gasteiger partial charge in [-0.1, -0.05) is 12.1 Å². The van der Waals surface area contributed by atoms with Gasteiger partial charge in [0, 0.05) is 49.7 Å². The van der Waals surface area contributed by atoms with Crippen molar-refractivity contribution in [1.29, 1.82) is 0 Å². The number of benzene rings is 1. The van der Waals surface area contributed by atoms with E-state index in [2.05, 4.69) is 20.0 Å². The molecule has 32 heavy (non-hydrogen) atoms. The predicted octanol–water partition coefficient (Wildman–Crippen LogP) is 2.23. The fourth-order valence-electron chi connectivity index (χ4n) is 3.96. The second-order valence-corrected chi connectivity index (χ2v) is 7.97. The number of halogens is 3. The highest BCUT2D eigenvalue weighted by atomic mass is 19.4. The van der Waals surface area contributed by atoms with E-state index in [0.717, 1.165) is 34.6 Å². The number of nitrogens with two attached hydrogens (primary N) is 1. The molecule has 2 N–H and O–H groups in total. The van der Waals surface area contributed by atoms with Crippen LogP contribution in [0.3, 0.4) is 0 Å². The number of nitrogens with zero attached hydrogens (tertiary/aromatic N) is 6. The molecule has 1 saturated heterocycles. The first kappa shape index (κ1) is 22.0. The summed E-state index contributed by atoms with van der Waals surface area (Å²) in [4.78, 5) is 25.3. The monoisotopic (exact) mass is 447 g/mol. The molecule has 1 aliphatic rings. The lowest BCUT2D eigenvalue weighted by molar-refractivity contribution is -0.137. The highest BCUT2D eigenvalue weighted by Crippen LogP contribution is 2.29. The Morgan fingerprint density at radius 2 is 1.72 bits per heavy atom. The molecule has 0 radical (unpaired) electrons. The third-order valence-electron chi connectivity index (χ3n) is 5.81. The minimum atomic E-state index is -4.33. The van der Waals surface area contributed by atoms with Gasteiger partial charge in [-0.25, -0.2) is 4.98 Å². The van der Waals surface area contributed by atoms with Gasteiger partial charge in [0.2, 0.25) is 11.9 Å². The van der Waals surface area contributed by atoms with E-state index in [1.165, 1.54) is 12.1 Å². The minimum Gasteiger partial charge on any atom is -0.366 e. The lowest BCUT2D eigenvalue weighted by atomic mass is 10.1. The topological polar surface area (TPSA) is 92.6 Å². The highest BCUT2D eigenvalue weighted by Gasteiger charge is 2.30. The number of hydrogen-bond donors (Lipinski definition) is 1. The van der Waals surface area contributed by atoms with E-state index in [0.29, 0.717) is 38.5 Å². The normalized spacial score (nSPS) is 15.5. The largest absolute Gasteiger partial charge is 0.416 e. The van der Waals surface area contributed by atoms with Gasteiger partial charge in [-0.2, -0.15) is 22.7 Å². The van der Waals surface area contributed by atoms with E-state index < -0.39 is 11.7 Å². The number of anilines is 1. The number of rotatable bonds is 4. The molecule has 11 heteroatoms. The first-order chi connectivity index (χ1) is 15.1. The van der Waals surface area contributed by atoms with Crippen LogP contribution in [0.4, 0.5) is 19.1 Å². The number of nitrogen functional groups attached to an aromatic ring is 1. The summed E-state index contributed by atoms with van der Waals surface area (Å²) < 4.78 is 39.7. The number of alkyl halides is 3. The van der Waals surface area contributed by atoms with Gasteiger partial charge in [0.15, 0.2) is 0 Å². The smallest absolute Gasteiger partial charge is 0.366 e. The zero-order chi connectivity index (χ0) is 23.0. The van der Waals surface area contributed by atoms with E-state index >= 15 is 0 Å². The fraction of sp³-hybridized carbons (Fsp3) is 0.429. The minimum absolute atomic E-state index is 0.000354. The molecule has 4 rings (SSSR count). The van der Waals surface area contributed by atoms with Crippen LogP contribution in [0.5, 0.6) is 0 Å². The summed E-state index contributed by atoms with van der Waals surface area (Å²) in [5.74, 6) is 0.540. The summed E-state index contributed by atoms with van der Waals surface area (Å²) in [6.45, 7) is 6.67. The Bertz CT molecular complexity index is 1130. The Balaban J connectivity index is 1.35. The Kier molecular flexibility index (Phi) is 5.76. The Hall–Kier alpha value is -3.21. The molecule has 0 aliphatic carbocycles. The van der Waals surface area contributed by atoms with Crippen molar-refractivity contribution in [3.8, 4) is 0 Å². The third kappa shape index (κ3) is 4.52. The molecule has 3 heterocycles. The van der Waals surface area contributed by atoms with Crippen LogP contribution in [-0.4, -0.2) is 61.5 Å². The van der Waals surface area contributed by atoms with E-state index in [9.17, 15) is 18.0 Å². The van der Waals surface area contributed by atoms with Crippen LogP contribution in [0, 0.1) is 13.8 Å². The van der Waals surface area contributed by atoms with E-state index in [1.54, 1.807) is 4.52 Å². The molecule has 0 atom stereocenters. The van der Waals surface area contributed by atoms with Gasteiger partial charge >= 0.3 is 6.18 Å². The Morgan fingerprint density at radius 3 is 2.34 bits per heavy atom. The van der Waals surface area contributed by atoms with Gasteiger partial charge in [-0.3, -0.25) is 9.69 Å². The molecule has 0 unspecified atom stereocenters. The average molecular weight is 447 g/mol. The number of carbonyl (C=O) groups is 1. The number of piperazine rings is 1. The van der Waals surface area contributed by atoms with Crippen LogP contribution in [0.1, 0.15) is 28.1 Å².